The van der Waals surface area contributed by atoms with Crippen LogP contribution >= 0.6 is 0 Å². The molecule has 1 aromatic rings. The summed E-state index contributed by atoms with van der Waals surface area (Å²) >= 11 is 0. The molecule has 230 valence electrons. The first-order valence-electron chi connectivity index (χ1n) is 17.5. The Hall–Kier alpha value is -1.12. The van der Waals surface area contributed by atoms with Crippen LogP contribution in [-0.2, 0) is 5.41 Å². The molecule has 0 heterocycles. The van der Waals surface area contributed by atoms with Gasteiger partial charge in [-0.3, -0.25) is 0 Å². The maximum Gasteiger partial charge on any atom is 0.126 e. The quantitative estimate of drug-likeness (QED) is 0.177. The largest absolute Gasteiger partial charge is 0.314 e. The van der Waals surface area contributed by atoms with Crippen LogP contribution < -0.4 is 0 Å². The number of unbranched alkanes of at least 4 members (excludes halogenated alkanes) is 6. The Morgan fingerprint density at radius 3 is 1.88 bits per heavy atom. The summed E-state index contributed by atoms with van der Waals surface area (Å²) in [5.74, 6) is 2.11. The summed E-state index contributed by atoms with van der Waals surface area (Å²) in [6.07, 6.45) is 20.6. The van der Waals surface area contributed by atoms with Gasteiger partial charge in [-0.05, 0) is 106 Å². The van der Waals surface area contributed by atoms with Crippen molar-refractivity contribution in [1.29, 1.82) is 0 Å². The van der Waals surface area contributed by atoms with Gasteiger partial charge in [-0.15, -0.1) is 0 Å². The molecule has 0 spiro atoms. The van der Waals surface area contributed by atoms with Gasteiger partial charge in [-0.2, -0.15) is 0 Å². The van der Waals surface area contributed by atoms with Crippen molar-refractivity contribution in [2.75, 3.05) is 0 Å². The number of hydrogen-bond donors (Lipinski definition) is 0. The Kier molecular flexibility index (Phi) is 9.97. The fourth-order valence-electron chi connectivity index (χ4n) is 10.4. The average Bonchev–Trinajstić information content (AvgIpc) is 3.34. The molecule has 0 radical (unpaired) electrons. The molecule has 3 aliphatic rings. The monoisotopic (exact) mass is 575 g/mol. The van der Waals surface area contributed by atoms with Gasteiger partial charge in [0.1, 0.15) is 8.24 Å². The van der Waals surface area contributed by atoms with E-state index in [0.717, 1.165) is 11.5 Å². The summed E-state index contributed by atoms with van der Waals surface area (Å²) in [7, 11) is -1.79. The van der Waals surface area contributed by atoms with Crippen LogP contribution in [0.4, 0.5) is 0 Å². The van der Waals surface area contributed by atoms with Gasteiger partial charge in [0.05, 0.1) is 0 Å². The molecule has 3 aliphatic carbocycles. The molecular weight excluding hydrogens is 511 g/mol. The predicted octanol–water partition coefficient (Wildman–Crippen LogP) is 11.9. The lowest BCUT2D eigenvalue weighted by atomic mass is 9.67. The second-order valence-corrected chi connectivity index (χ2v) is 21.2. The van der Waals surface area contributed by atoms with Gasteiger partial charge in [0.15, 0.2) is 0 Å². The van der Waals surface area contributed by atoms with Crippen molar-refractivity contribution < 1.29 is 0 Å². The number of rotatable bonds is 12. The maximum atomic E-state index is 2.98. The van der Waals surface area contributed by atoms with E-state index in [2.05, 4.69) is 116 Å². The first-order valence-corrected chi connectivity index (χ1v) is 20.6. The van der Waals surface area contributed by atoms with Crippen molar-refractivity contribution in [3.8, 4) is 0 Å². The van der Waals surface area contributed by atoms with E-state index in [9.17, 15) is 0 Å². The van der Waals surface area contributed by atoms with Crippen LogP contribution in [0.3, 0.4) is 0 Å². The van der Waals surface area contributed by atoms with Crippen molar-refractivity contribution in [1.82, 2.24) is 4.57 Å². The number of fused-ring (bicyclic) bond motifs is 4. The van der Waals surface area contributed by atoms with E-state index in [-0.39, 0.29) is 16.5 Å². The Labute approximate surface area is 256 Å². The predicted molar refractivity (Wildman–Crippen MR) is 185 cm³/mol. The average molecular weight is 576 g/mol. The third-order valence-electron chi connectivity index (χ3n) is 11.2. The van der Waals surface area contributed by atoms with Crippen LogP contribution in [0.2, 0.25) is 18.6 Å². The summed E-state index contributed by atoms with van der Waals surface area (Å²) < 4.78 is 2.98. The summed E-state index contributed by atoms with van der Waals surface area (Å²) in [4.78, 5) is 0. The first kappa shape index (κ1) is 32.8. The maximum absolute atomic E-state index is 2.98. The SMILES string of the molecule is CCCCCCC1(CCCCCC)C2=CC3C(C)CC([Si](C)(C)N(C(C)(C)C)C(C)(C)C)C3C=C2c2ccccc21. The molecule has 1 aromatic carbocycles. The minimum Gasteiger partial charge on any atom is -0.314 e. The van der Waals surface area contributed by atoms with Gasteiger partial charge < -0.3 is 4.57 Å². The molecule has 0 N–H and O–H groups in total. The van der Waals surface area contributed by atoms with Crippen LogP contribution in [0.5, 0.6) is 0 Å². The Bertz CT molecular complexity index is 1070. The van der Waals surface area contributed by atoms with Gasteiger partial charge >= 0.3 is 0 Å². The van der Waals surface area contributed by atoms with Gasteiger partial charge in [0.25, 0.3) is 0 Å². The van der Waals surface area contributed by atoms with E-state index in [4.69, 9.17) is 0 Å². The minimum absolute atomic E-state index is 0.171. The molecule has 0 aromatic heterocycles. The zero-order chi connectivity index (χ0) is 30.2. The molecule has 0 bridgehead atoms. The third-order valence-corrected chi connectivity index (χ3v) is 16.1. The highest BCUT2D eigenvalue weighted by Gasteiger charge is 2.56. The fourth-order valence-corrected chi connectivity index (χ4v) is 16.4. The van der Waals surface area contributed by atoms with Crippen molar-refractivity contribution in [3.63, 3.8) is 0 Å². The van der Waals surface area contributed by atoms with Gasteiger partial charge in [-0.25, -0.2) is 0 Å². The lowest BCUT2D eigenvalue weighted by Crippen LogP contribution is -2.67. The number of allylic oxidation sites excluding steroid dienone is 4. The molecule has 2 heteroatoms. The van der Waals surface area contributed by atoms with Gasteiger partial charge in [0.2, 0.25) is 0 Å². The van der Waals surface area contributed by atoms with Crippen LogP contribution in [0, 0.1) is 17.8 Å². The smallest absolute Gasteiger partial charge is 0.126 e. The summed E-state index contributed by atoms with van der Waals surface area (Å²) in [6.45, 7) is 27.4. The van der Waals surface area contributed by atoms with E-state index in [1.807, 2.05) is 0 Å². The Morgan fingerprint density at radius 1 is 0.780 bits per heavy atom. The van der Waals surface area contributed by atoms with Gasteiger partial charge in [0, 0.05) is 16.5 Å². The second-order valence-electron chi connectivity index (χ2n) is 16.7. The molecule has 4 unspecified atom stereocenters. The normalized spacial score (nSPS) is 25.6. The third kappa shape index (κ3) is 6.26. The Balaban J connectivity index is 1.79. The Morgan fingerprint density at radius 2 is 1.34 bits per heavy atom. The topological polar surface area (TPSA) is 3.24 Å². The lowest BCUT2D eigenvalue weighted by molar-refractivity contribution is 0.122. The van der Waals surface area contributed by atoms with Crippen LogP contribution in [0.15, 0.2) is 42.0 Å². The van der Waals surface area contributed by atoms with E-state index in [1.54, 1.807) is 22.3 Å². The molecule has 41 heavy (non-hydrogen) atoms. The molecule has 4 atom stereocenters. The highest BCUT2D eigenvalue weighted by molar-refractivity contribution is 6.76. The first-order chi connectivity index (χ1) is 19.2. The van der Waals surface area contributed by atoms with Crippen molar-refractivity contribution in [2.45, 2.75) is 168 Å². The zero-order valence-corrected chi connectivity index (χ0v) is 30.0. The van der Waals surface area contributed by atoms with Gasteiger partial charge in [-0.1, -0.05) is 122 Å². The van der Waals surface area contributed by atoms with E-state index < -0.39 is 8.24 Å². The fraction of sp³-hybridized carbons (Fsp3) is 0.744. The zero-order valence-electron chi connectivity index (χ0n) is 29.0. The molecule has 0 amide bonds. The van der Waals surface area contributed by atoms with E-state index >= 15 is 0 Å². The molecule has 1 nitrogen and oxygen atoms in total. The highest BCUT2D eigenvalue weighted by atomic mass is 28.3. The summed E-state index contributed by atoms with van der Waals surface area (Å²) in [6, 6.07) is 9.63. The van der Waals surface area contributed by atoms with Crippen molar-refractivity contribution in [2.24, 2.45) is 17.8 Å². The number of hydrogen-bond acceptors (Lipinski definition) is 1. The van der Waals surface area contributed by atoms with Crippen LogP contribution in [0.25, 0.3) is 5.57 Å². The lowest BCUT2D eigenvalue weighted by Gasteiger charge is -2.57. The van der Waals surface area contributed by atoms with E-state index in [0.29, 0.717) is 11.8 Å². The highest BCUT2D eigenvalue weighted by Crippen LogP contribution is 2.63. The molecule has 1 saturated carbocycles. The molecule has 4 rings (SSSR count). The molecule has 0 aliphatic heterocycles. The molecule has 0 saturated heterocycles. The number of benzene rings is 1. The van der Waals surface area contributed by atoms with E-state index in [1.165, 1.54) is 70.6 Å². The standard InChI is InChI=1S/C39H65NSi/c1-12-14-16-20-24-39(25-21-17-15-13-2)34-23-19-18-22-30(34)32-27-33-31(28-35(32)39)29(3)26-36(33)41(10,11)40(37(4,5)6)38(7,8)9/h18-19,22-23,27-29,31,33,36H,12-17,20-21,24-26H2,1-11H3. The summed E-state index contributed by atoms with van der Waals surface area (Å²) in [5, 5.41) is 0. The van der Waals surface area contributed by atoms with Crippen LogP contribution in [-0.4, -0.2) is 23.9 Å². The van der Waals surface area contributed by atoms with Crippen molar-refractivity contribution >= 4 is 13.8 Å². The molecular formula is C39H65NSi. The van der Waals surface area contributed by atoms with Crippen molar-refractivity contribution in [3.05, 3.63) is 53.1 Å². The van der Waals surface area contributed by atoms with Crippen LogP contribution in [0.1, 0.15) is 144 Å². The second kappa shape index (κ2) is 12.5. The number of nitrogens with zero attached hydrogens (tertiary/aromatic N) is 1. The minimum atomic E-state index is -1.79. The molecule has 1 fully saturated rings. The summed E-state index contributed by atoms with van der Waals surface area (Å²) in [5.41, 5.74) is 7.96.